The molecular formula is C17H30N2O. The zero-order chi connectivity index (χ0) is 15.2. The van der Waals surface area contributed by atoms with Gasteiger partial charge in [0.2, 0.25) is 0 Å². The van der Waals surface area contributed by atoms with E-state index >= 15 is 0 Å². The van der Waals surface area contributed by atoms with E-state index in [9.17, 15) is 0 Å². The summed E-state index contributed by atoms with van der Waals surface area (Å²) < 4.78 is 5.75. The molecule has 1 rings (SSSR count). The molecule has 114 valence electrons. The Morgan fingerprint density at radius 1 is 1.30 bits per heavy atom. The van der Waals surface area contributed by atoms with Crippen molar-refractivity contribution in [2.24, 2.45) is 11.1 Å². The molecule has 0 aliphatic carbocycles. The maximum Gasteiger partial charge on any atom is 0.120 e. The summed E-state index contributed by atoms with van der Waals surface area (Å²) in [5, 5.41) is 0. The van der Waals surface area contributed by atoms with Crippen LogP contribution in [0.3, 0.4) is 0 Å². The highest BCUT2D eigenvalue weighted by molar-refractivity contribution is 5.28. The molecule has 3 nitrogen and oxygen atoms in total. The Morgan fingerprint density at radius 2 is 2.00 bits per heavy atom. The van der Waals surface area contributed by atoms with Crippen LogP contribution in [0, 0.1) is 5.41 Å². The average Bonchev–Trinajstić information content (AvgIpc) is 2.37. The van der Waals surface area contributed by atoms with Gasteiger partial charge in [-0.05, 0) is 50.0 Å². The topological polar surface area (TPSA) is 38.5 Å². The Kier molecular flexibility index (Phi) is 6.50. The highest BCUT2D eigenvalue weighted by Crippen LogP contribution is 2.19. The van der Waals surface area contributed by atoms with E-state index in [4.69, 9.17) is 10.5 Å². The van der Waals surface area contributed by atoms with Crippen LogP contribution >= 0.6 is 0 Å². The summed E-state index contributed by atoms with van der Waals surface area (Å²) in [5.74, 6) is 0.951. The van der Waals surface area contributed by atoms with Gasteiger partial charge in [-0.2, -0.15) is 0 Å². The molecular weight excluding hydrogens is 248 g/mol. The number of hydrogen-bond acceptors (Lipinski definition) is 3. The lowest BCUT2D eigenvalue weighted by atomic mass is 9.93. The van der Waals surface area contributed by atoms with Crippen molar-refractivity contribution in [3.05, 3.63) is 29.8 Å². The minimum atomic E-state index is 0.155. The van der Waals surface area contributed by atoms with Gasteiger partial charge in [-0.15, -0.1) is 0 Å². The van der Waals surface area contributed by atoms with Crippen LogP contribution < -0.4 is 10.5 Å². The van der Waals surface area contributed by atoms with Gasteiger partial charge in [0.1, 0.15) is 5.75 Å². The van der Waals surface area contributed by atoms with Gasteiger partial charge in [-0.1, -0.05) is 32.9 Å². The van der Waals surface area contributed by atoms with Crippen molar-refractivity contribution < 1.29 is 4.74 Å². The Labute approximate surface area is 124 Å². The SMILES string of the molecule is CCN(Cc1cccc(OC(C)C)c1)CC(C)(C)CN. The molecule has 0 aliphatic heterocycles. The molecule has 0 bridgehead atoms. The van der Waals surface area contributed by atoms with E-state index in [2.05, 4.69) is 57.7 Å². The molecule has 0 saturated heterocycles. The smallest absolute Gasteiger partial charge is 0.120 e. The number of benzene rings is 1. The van der Waals surface area contributed by atoms with Crippen LogP contribution in [-0.4, -0.2) is 30.6 Å². The minimum absolute atomic E-state index is 0.155. The van der Waals surface area contributed by atoms with E-state index in [-0.39, 0.29) is 11.5 Å². The number of nitrogens with two attached hydrogens (primary N) is 1. The first-order chi connectivity index (χ1) is 9.36. The Morgan fingerprint density at radius 3 is 2.55 bits per heavy atom. The molecule has 3 heteroatoms. The van der Waals surface area contributed by atoms with Gasteiger partial charge in [0.15, 0.2) is 0 Å². The zero-order valence-electron chi connectivity index (χ0n) is 13.6. The maximum absolute atomic E-state index is 5.83. The lowest BCUT2D eigenvalue weighted by Crippen LogP contribution is -2.38. The first kappa shape index (κ1) is 17.0. The summed E-state index contributed by atoms with van der Waals surface area (Å²) in [4.78, 5) is 2.43. The van der Waals surface area contributed by atoms with Crippen molar-refractivity contribution >= 4 is 0 Å². The van der Waals surface area contributed by atoms with Gasteiger partial charge in [-0.3, -0.25) is 4.90 Å². The summed E-state index contributed by atoms with van der Waals surface area (Å²) in [6.45, 7) is 14.4. The summed E-state index contributed by atoms with van der Waals surface area (Å²) >= 11 is 0. The van der Waals surface area contributed by atoms with Crippen LogP contribution in [0.2, 0.25) is 0 Å². The van der Waals surface area contributed by atoms with Crippen molar-refractivity contribution in [2.75, 3.05) is 19.6 Å². The second kappa shape index (κ2) is 7.65. The number of hydrogen-bond donors (Lipinski definition) is 1. The third-order valence-electron chi connectivity index (χ3n) is 3.33. The highest BCUT2D eigenvalue weighted by atomic mass is 16.5. The van der Waals surface area contributed by atoms with Crippen LogP contribution in [0.4, 0.5) is 0 Å². The second-order valence-electron chi connectivity index (χ2n) is 6.49. The van der Waals surface area contributed by atoms with Crippen LogP contribution in [-0.2, 0) is 6.54 Å². The Bertz CT molecular complexity index is 402. The number of ether oxygens (including phenoxy) is 1. The summed E-state index contributed by atoms with van der Waals surface area (Å²) in [7, 11) is 0. The molecule has 0 unspecified atom stereocenters. The minimum Gasteiger partial charge on any atom is -0.491 e. The summed E-state index contributed by atoms with van der Waals surface area (Å²) in [5.41, 5.74) is 7.28. The molecule has 0 fully saturated rings. The van der Waals surface area contributed by atoms with Crippen molar-refractivity contribution in [2.45, 2.75) is 47.3 Å². The third kappa shape index (κ3) is 5.93. The van der Waals surface area contributed by atoms with Gasteiger partial charge in [-0.25, -0.2) is 0 Å². The fourth-order valence-electron chi connectivity index (χ4n) is 2.20. The van der Waals surface area contributed by atoms with Crippen molar-refractivity contribution in [3.8, 4) is 5.75 Å². The van der Waals surface area contributed by atoms with Gasteiger partial charge in [0, 0.05) is 13.1 Å². The highest BCUT2D eigenvalue weighted by Gasteiger charge is 2.19. The zero-order valence-corrected chi connectivity index (χ0v) is 13.6. The fourth-order valence-corrected chi connectivity index (χ4v) is 2.20. The van der Waals surface area contributed by atoms with Crippen LogP contribution in [0.15, 0.2) is 24.3 Å². The van der Waals surface area contributed by atoms with E-state index in [1.807, 2.05) is 6.07 Å². The van der Waals surface area contributed by atoms with Crippen molar-refractivity contribution in [3.63, 3.8) is 0 Å². The van der Waals surface area contributed by atoms with Crippen LogP contribution in [0.1, 0.15) is 40.2 Å². The predicted octanol–water partition coefficient (Wildman–Crippen LogP) is 3.28. The fraction of sp³-hybridized carbons (Fsp3) is 0.647. The van der Waals surface area contributed by atoms with Crippen molar-refractivity contribution in [1.82, 2.24) is 4.90 Å². The van der Waals surface area contributed by atoms with Crippen molar-refractivity contribution in [1.29, 1.82) is 0 Å². The lowest BCUT2D eigenvalue weighted by Gasteiger charge is -2.31. The predicted molar refractivity (Wildman–Crippen MR) is 86.0 cm³/mol. The van der Waals surface area contributed by atoms with Gasteiger partial charge >= 0.3 is 0 Å². The average molecular weight is 278 g/mol. The summed E-state index contributed by atoms with van der Waals surface area (Å²) in [6, 6.07) is 8.38. The quantitative estimate of drug-likeness (QED) is 0.793. The number of nitrogens with zero attached hydrogens (tertiary/aromatic N) is 1. The molecule has 2 N–H and O–H groups in total. The molecule has 0 radical (unpaired) electrons. The van der Waals surface area contributed by atoms with E-state index in [1.165, 1.54) is 5.56 Å². The lowest BCUT2D eigenvalue weighted by molar-refractivity contribution is 0.183. The monoisotopic (exact) mass is 278 g/mol. The van der Waals surface area contributed by atoms with E-state index < -0.39 is 0 Å². The molecule has 20 heavy (non-hydrogen) atoms. The molecule has 0 heterocycles. The first-order valence-corrected chi connectivity index (χ1v) is 7.54. The molecule has 1 aromatic rings. The summed E-state index contributed by atoms with van der Waals surface area (Å²) in [6.07, 6.45) is 0.212. The second-order valence-corrected chi connectivity index (χ2v) is 6.49. The van der Waals surface area contributed by atoms with E-state index in [0.717, 1.165) is 25.4 Å². The van der Waals surface area contributed by atoms with Crippen LogP contribution in [0.25, 0.3) is 0 Å². The Balaban J connectivity index is 2.70. The molecule has 0 aromatic heterocycles. The Hall–Kier alpha value is -1.06. The van der Waals surface area contributed by atoms with E-state index in [0.29, 0.717) is 6.54 Å². The largest absolute Gasteiger partial charge is 0.491 e. The van der Waals surface area contributed by atoms with Gasteiger partial charge < -0.3 is 10.5 Å². The molecule has 0 spiro atoms. The van der Waals surface area contributed by atoms with E-state index in [1.54, 1.807) is 0 Å². The molecule has 0 atom stereocenters. The van der Waals surface area contributed by atoms with Crippen LogP contribution in [0.5, 0.6) is 5.75 Å². The molecule has 0 aliphatic rings. The van der Waals surface area contributed by atoms with Gasteiger partial charge in [0.25, 0.3) is 0 Å². The maximum atomic E-state index is 5.83. The standard InChI is InChI=1S/C17H30N2O/c1-6-19(13-17(4,5)12-18)11-15-8-7-9-16(10-15)20-14(2)3/h7-10,14H,6,11-13,18H2,1-5H3. The molecule has 1 aromatic carbocycles. The van der Waals surface area contributed by atoms with Gasteiger partial charge in [0.05, 0.1) is 6.10 Å². The molecule has 0 amide bonds. The first-order valence-electron chi connectivity index (χ1n) is 7.54. The molecule has 0 saturated carbocycles. The normalized spacial score (nSPS) is 12.2. The third-order valence-corrected chi connectivity index (χ3v) is 3.33. The number of rotatable bonds is 8.